The molecule has 2 aromatic heterocycles. The molecule has 0 amide bonds. The van der Waals surface area contributed by atoms with Crippen LogP contribution in [0.15, 0.2) is 176 Å². The SMILES string of the molecule is c1ccc(-c2ccccc2-c2nc(-c3ccc4ccc(-c5ccc6ccccc6c5)cc4c3)nc(-c3ccc4sc5ccccc5c4c3)n2)cc1. The summed E-state index contributed by atoms with van der Waals surface area (Å²) >= 11 is 1.81. The molecule has 10 aromatic rings. The highest BCUT2D eigenvalue weighted by atomic mass is 32.1. The maximum absolute atomic E-state index is 5.19. The van der Waals surface area contributed by atoms with Crippen LogP contribution in [0, 0.1) is 0 Å². The summed E-state index contributed by atoms with van der Waals surface area (Å²) in [6.45, 7) is 0. The van der Waals surface area contributed by atoms with Gasteiger partial charge in [-0.15, -0.1) is 11.3 Å². The number of aromatic nitrogens is 3. The van der Waals surface area contributed by atoms with E-state index in [-0.39, 0.29) is 0 Å². The van der Waals surface area contributed by atoms with Crippen molar-refractivity contribution in [1.82, 2.24) is 15.0 Å². The molecule has 4 heteroatoms. The summed E-state index contributed by atoms with van der Waals surface area (Å²) in [6, 6.07) is 62.3. The Morgan fingerprint density at radius 1 is 0.294 bits per heavy atom. The molecular weight excluding hydrogens is 639 g/mol. The molecule has 0 radical (unpaired) electrons. The largest absolute Gasteiger partial charge is 0.208 e. The first-order valence-electron chi connectivity index (χ1n) is 17.1. The van der Waals surface area contributed by atoms with Crippen molar-refractivity contribution in [3.8, 4) is 56.4 Å². The Labute approximate surface area is 299 Å². The second kappa shape index (κ2) is 12.1. The lowest BCUT2D eigenvalue weighted by atomic mass is 9.97. The van der Waals surface area contributed by atoms with Crippen LogP contribution < -0.4 is 0 Å². The molecule has 0 aliphatic carbocycles. The lowest BCUT2D eigenvalue weighted by Crippen LogP contribution is -2.01. The van der Waals surface area contributed by atoms with E-state index in [0.29, 0.717) is 17.5 Å². The van der Waals surface area contributed by atoms with Crippen molar-refractivity contribution in [3.63, 3.8) is 0 Å². The van der Waals surface area contributed by atoms with Crippen LogP contribution in [0.25, 0.3) is 98.1 Å². The molecule has 2 heterocycles. The second-order valence-corrected chi connectivity index (χ2v) is 13.9. The van der Waals surface area contributed by atoms with E-state index >= 15 is 0 Å². The molecular formula is C47H29N3S. The van der Waals surface area contributed by atoms with E-state index in [4.69, 9.17) is 15.0 Å². The third kappa shape index (κ3) is 5.34. The zero-order chi connectivity index (χ0) is 33.7. The lowest BCUT2D eigenvalue weighted by molar-refractivity contribution is 1.08. The number of rotatable bonds is 5. The summed E-state index contributed by atoms with van der Waals surface area (Å²) in [5.41, 5.74) is 7.45. The van der Waals surface area contributed by atoms with Crippen molar-refractivity contribution in [3.05, 3.63) is 176 Å². The molecule has 0 saturated carbocycles. The van der Waals surface area contributed by atoms with Gasteiger partial charge in [-0.1, -0.05) is 133 Å². The molecule has 0 spiro atoms. The molecule has 0 fully saturated rings. The van der Waals surface area contributed by atoms with Gasteiger partial charge in [0.25, 0.3) is 0 Å². The Balaban J connectivity index is 1.15. The van der Waals surface area contributed by atoms with E-state index in [1.165, 1.54) is 47.5 Å². The highest BCUT2D eigenvalue weighted by molar-refractivity contribution is 7.25. The topological polar surface area (TPSA) is 38.7 Å². The van der Waals surface area contributed by atoms with Gasteiger partial charge in [0, 0.05) is 36.9 Å². The summed E-state index contributed by atoms with van der Waals surface area (Å²) < 4.78 is 2.53. The van der Waals surface area contributed by atoms with Crippen LogP contribution in [0.2, 0.25) is 0 Å². The standard InChI is InChI=1S/C47H29N3S/c1-2-11-32(12-3-1)39-14-6-7-16-41(39)47-49-45(48-46(50-47)37-24-25-44-42(29-37)40-15-8-9-17-43(40)51-44)36-23-20-31-19-22-35(27-38(31)28-36)34-21-18-30-10-4-5-13-33(30)26-34/h1-29H. The van der Waals surface area contributed by atoms with Crippen molar-refractivity contribution in [2.75, 3.05) is 0 Å². The molecule has 0 saturated heterocycles. The second-order valence-electron chi connectivity index (χ2n) is 12.9. The molecule has 51 heavy (non-hydrogen) atoms. The number of benzene rings is 8. The number of fused-ring (bicyclic) bond motifs is 5. The Hall–Kier alpha value is -6.49. The zero-order valence-electron chi connectivity index (χ0n) is 27.5. The number of nitrogens with zero attached hydrogens (tertiary/aromatic N) is 3. The monoisotopic (exact) mass is 667 g/mol. The summed E-state index contributed by atoms with van der Waals surface area (Å²) in [5, 5.41) is 7.25. The fraction of sp³-hybridized carbons (Fsp3) is 0. The molecule has 10 rings (SSSR count). The van der Waals surface area contributed by atoms with E-state index in [1.807, 2.05) is 17.4 Å². The molecule has 238 valence electrons. The summed E-state index contributed by atoms with van der Waals surface area (Å²) in [6.07, 6.45) is 0. The van der Waals surface area contributed by atoms with Crippen molar-refractivity contribution in [2.45, 2.75) is 0 Å². The third-order valence-electron chi connectivity index (χ3n) is 9.70. The maximum atomic E-state index is 5.19. The third-order valence-corrected chi connectivity index (χ3v) is 10.9. The average Bonchev–Trinajstić information content (AvgIpc) is 3.58. The van der Waals surface area contributed by atoms with Gasteiger partial charge in [-0.05, 0) is 86.3 Å². The molecule has 0 N–H and O–H groups in total. The molecule has 8 aromatic carbocycles. The highest BCUT2D eigenvalue weighted by Gasteiger charge is 2.17. The van der Waals surface area contributed by atoms with Gasteiger partial charge in [0.1, 0.15) is 0 Å². The molecule has 0 aliphatic heterocycles. The summed E-state index contributed by atoms with van der Waals surface area (Å²) in [7, 11) is 0. The highest BCUT2D eigenvalue weighted by Crippen LogP contribution is 2.38. The lowest BCUT2D eigenvalue weighted by Gasteiger charge is -2.12. The Morgan fingerprint density at radius 2 is 0.824 bits per heavy atom. The fourth-order valence-electron chi connectivity index (χ4n) is 7.10. The van der Waals surface area contributed by atoms with Crippen LogP contribution >= 0.6 is 11.3 Å². The van der Waals surface area contributed by atoms with Gasteiger partial charge in [-0.25, -0.2) is 15.0 Å². The first kappa shape index (κ1) is 29.4. The van der Waals surface area contributed by atoms with E-state index in [1.54, 1.807) is 0 Å². The Morgan fingerprint density at radius 3 is 1.63 bits per heavy atom. The van der Waals surface area contributed by atoms with Gasteiger partial charge in [0.15, 0.2) is 17.5 Å². The molecule has 0 unspecified atom stereocenters. The van der Waals surface area contributed by atoms with Crippen molar-refractivity contribution in [1.29, 1.82) is 0 Å². The minimum absolute atomic E-state index is 0.645. The summed E-state index contributed by atoms with van der Waals surface area (Å²) in [4.78, 5) is 15.5. The first-order valence-corrected chi connectivity index (χ1v) is 17.9. The summed E-state index contributed by atoms with van der Waals surface area (Å²) in [5.74, 6) is 1.95. The minimum Gasteiger partial charge on any atom is -0.208 e. The Bertz CT molecular complexity index is 2930. The van der Waals surface area contributed by atoms with Crippen molar-refractivity contribution < 1.29 is 0 Å². The maximum Gasteiger partial charge on any atom is 0.164 e. The van der Waals surface area contributed by atoms with Gasteiger partial charge in [0.2, 0.25) is 0 Å². The first-order chi connectivity index (χ1) is 25.2. The normalized spacial score (nSPS) is 11.5. The van der Waals surface area contributed by atoms with Crippen molar-refractivity contribution >= 4 is 53.1 Å². The molecule has 0 bridgehead atoms. The number of hydrogen-bond donors (Lipinski definition) is 0. The molecule has 3 nitrogen and oxygen atoms in total. The minimum atomic E-state index is 0.645. The van der Waals surface area contributed by atoms with E-state index in [9.17, 15) is 0 Å². The zero-order valence-corrected chi connectivity index (χ0v) is 28.3. The average molecular weight is 668 g/mol. The Kier molecular flexibility index (Phi) is 7.00. The van der Waals surface area contributed by atoms with Gasteiger partial charge in [-0.2, -0.15) is 0 Å². The van der Waals surface area contributed by atoms with Crippen LogP contribution in [0.5, 0.6) is 0 Å². The number of hydrogen-bond acceptors (Lipinski definition) is 4. The molecule has 0 atom stereocenters. The van der Waals surface area contributed by atoms with Crippen LogP contribution in [-0.4, -0.2) is 15.0 Å². The van der Waals surface area contributed by atoms with E-state index in [0.717, 1.165) is 33.2 Å². The number of thiophene rings is 1. The van der Waals surface area contributed by atoms with Gasteiger partial charge in [-0.3, -0.25) is 0 Å². The van der Waals surface area contributed by atoms with Crippen molar-refractivity contribution in [2.24, 2.45) is 0 Å². The van der Waals surface area contributed by atoms with E-state index < -0.39 is 0 Å². The van der Waals surface area contributed by atoms with Gasteiger partial charge < -0.3 is 0 Å². The smallest absolute Gasteiger partial charge is 0.164 e. The van der Waals surface area contributed by atoms with Crippen LogP contribution in [0.3, 0.4) is 0 Å². The molecule has 0 aliphatic rings. The predicted octanol–water partition coefficient (Wildman–Crippen LogP) is 12.9. The van der Waals surface area contributed by atoms with Gasteiger partial charge in [0.05, 0.1) is 0 Å². The van der Waals surface area contributed by atoms with Crippen LogP contribution in [0.4, 0.5) is 0 Å². The quantitative estimate of drug-likeness (QED) is 0.183. The fourth-order valence-corrected chi connectivity index (χ4v) is 8.19. The predicted molar refractivity (Wildman–Crippen MR) is 215 cm³/mol. The van der Waals surface area contributed by atoms with E-state index in [2.05, 4.69) is 170 Å². The van der Waals surface area contributed by atoms with Crippen LogP contribution in [0.1, 0.15) is 0 Å². The van der Waals surface area contributed by atoms with Gasteiger partial charge >= 0.3 is 0 Å². The van der Waals surface area contributed by atoms with Crippen LogP contribution in [-0.2, 0) is 0 Å².